The number of aromatic nitrogens is 2. The highest BCUT2D eigenvalue weighted by Crippen LogP contribution is 2.09. The third-order valence-corrected chi connectivity index (χ3v) is 3.89. The Labute approximate surface area is 136 Å². The van der Waals surface area contributed by atoms with Gasteiger partial charge in [-0.1, -0.05) is 32.9 Å². The normalized spacial score (nSPS) is 10.9. The highest BCUT2D eigenvalue weighted by atomic mass is 16.2. The van der Waals surface area contributed by atoms with Crippen LogP contribution < -0.4 is 5.56 Å². The van der Waals surface area contributed by atoms with Crippen LogP contribution in [0.1, 0.15) is 39.4 Å². The van der Waals surface area contributed by atoms with Gasteiger partial charge in [0.05, 0.1) is 10.9 Å². The number of carbonyl (C=O) groups excluding carboxylic acids is 1. The molecule has 5 nitrogen and oxygen atoms in total. The molecule has 0 fully saturated rings. The van der Waals surface area contributed by atoms with E-state index in [0.717, 1.165) is 25.9 Å². The minimum atomic E-state index is -0.131. The van der Waals surface area contributed by atoms with E-state index >= 15 is 0 Å². The molecule has 0 spiro atoms. The molecule has 0 bridgehead atoms. The Kier molecular flexibility index (Phi) is 5.90. The molecule has 0 unspecified atom stereocenters. The summed E-state index contributed by atoms with van der Waals surface area (Å²) in [5.74, 6) is 0.651. The van der Waals surface area contributed by atoms with Crippen LogP contribution in [0.4, 0.5) is 0 Å². The van der Waals surface area contributed by atoms with Gasteiger partial charge in [-0.15, -0.1) is 0 Å². The van der Waals surface area contributed by atoms with Crippen molar-refractivity contribution in [3.8, 4) is 0 Å². The van der Waals surface area contributed by atoms with Gasteiger partial charge in [-0.25, -0.2) is 4.98 Å². The van der Waals surface area contributed by atoms with E-state index in [4.69, 9.17) is 0 Å². The van der Waals surface area contributed by atoms with Gasteiger partial charge in [0.25, 0.3) is 5.56 Å². The fraction of sp³-hybridized carbons (Fsp3) is 0.500. The highest BCUT2D eigenvalue weighted by Gasteiger charge is 2.16. The van der Waals surface area contributed by atoms with Crippen molar-refractivity contribution < 1.29 is 4.79 Å². The molecule has 1 heterocycles. The van der Waals surface area contributed by atoms with Crippen LogP contribution >= 0.6 is 0 Å². The molecular formula is C18H25N3O2. The molecule has 5 heteroatoms. The molecule has 2 aromatic rings. The Morgan fingerprint density at radius 3 is 2.39 bits per heavy atom. The topological polar surface area (TPSA) is 55.2 Å². The molecule has 0 aliphatic heterocycles. The molecule has 0 saturated carbocycles. The maximum Gasteiger partial charge on any atom is 0.261 e. The monoisotopic (exact) mass is 315 g/mol. The zero-order chi connectivity index (χ0) is 16.8. The van der Waals surface area contributed by atoms with Crippen LogP contribution in [0.15, 0.2) is 29.1 Å². The van der Waals surface area contributed by atoms with E-state index in [2.05, 4.69) is 18.8 Å². The zero-order valence-corrected chi connectivity index (χ0v) is 14.2. The molecule has 0 atom stereocenters. The summed E-state index contributed by atoms with van der Waals surface area (Å²) in [7, 11) is 0. The predicted octanol–water partition coefficient (Wildman–Crippen LogP) is 2.61. The number of amides is 1. The maximum atomic E-state index is 12.7. The minimum Gasteiger partial charge on any atom is -0.341 e. The third kappa shape index (κ3) is 3.78. The smallest absolute Gasteiger partial charge is 0.261 e. The fourth-order valence-corrected chi connectivity index (χ4v) is 2.78. The second kappa shape index (κ2) is 7.90. The summed E-state index contributed by atoms with van der Waals surface area (Å²) in [6, 6.07) is 7.29. The predicted molar refractivity (Wildman–Crippen MR) is 92.5 cm³/mol. The van der Waals surface area contributed by atoms with Gasteiger partial charge in [-0.2, -0.15) is 0 Å². The minimum absolute atomic E-state index is 0.0115. The van der Waals surface area contributed by atoms with Crippen LogP contribution in [0.5, 0.6) is 0 Å². The highest BCUT2D eigenvalue weighted by molar-refractivity contribution is 5.79. The first-order valence-corrected chi connectivity index (χ1v) is 8.38. The molecule has 1 aromatic heterocycles. The van der Waals surface area contributed by atoms with Crippen LogP contribution in [0, 0.1) is 0 Å². The number of hydrogen-bond acceptors (Lipinski definition) is 3. The number of carbonyl (C=O) groups is 1. The molecule has 23 heavy (non-hydrogen) atoms. The molecule has 0 N–H and O–H groups in total. The van der Waals surface area contributed by atoms with Crippen LogP contribution in [-0.4, -0.2) is 33.4 Å². The Morgan fingerprint density at radius 1 is 1.13 bits per heavy atom. The van der Waals surface area contributed by atoms with Crippen molar-refractivity contribution in [3.05, 3.63) is 40.4 Å². The third-order valence-electron chi connectivity index (χ3n) is 3.89. The average molecular weight is 315 g/mol. The van der Waals surface area contributed by atoms with E-state index in [-0.39, 0.29) is 18.0 Å². The van der Waals surface area contributed by atoms with Gasteiger partial charge < -0.3 is 4.90 Å². The van der Waals surface area contributed by atoms with Gasteiger partial charge >= 0.3 is 0 Å². The van der Waals surface area contributed by atoms with Crippen LogP contribution in [0.3, 0.4) is 0 Å². The molecule has 124 valence electrons. The van der Waals surface area contributed by atoms with Crippen LogP contribution in [-0.2, 0) is 17.8 Å². The first kappa shape index (κ1) is 17.2. The van der Waals surface area contributed by atoms with E-state index in [0.29, 0.717) is 23.1 Å². The van der Waals surface area contributed by atoms with Crippen LogP contribution in [0.25, 0.3) is 10.9 Å². The standard InChI is InChI=1S/C18H25N3O2/c1-4-11-20(12-5-2)17(22)13-21-16(6-3)19-15-10-8-7-9-14(15)18(21)23/h7-10H,4-6,11-13H2,1-3H3. The zero-order valence-electron chi connectivity index (χ0n) is 14.2. The lowest BCUT2D eigenvalue weighted by Gasteiger charge is -2.22. The number of fused-ring (bicyclic) bond motifs is 1. The summed E-state index contributed by atoms with van der Waals surface area (Å²) >= 11 is 0. The summed E-state index contributed by atoms with van der Waals surface area (Å²) < 4.78 is 1.53. The average Bonchev–Trinajstić information content (AvgIpc) is 2.57. The SMILES string of the molecule is CCCN(CCC)C(=O)Cn1c(CC)nc2ccccc2c1=O. The van der Waals surface area contributed by atoms with E-state index in [1.54, 1.807) is 6.07 Å². The van der Waals surface area contributed by atoms with E-state index in [9.17, 15) is 9.59 Å². The first-order valence-electron chi connectivity index (χ1n) is 8.38. The number of aryl methyl sites for hydroxylation is 1. The van der Waals surface area contributed by atoms with Gasteiger partial charge in [0, 0.05) is 19.5 Å². The van der Waals surface area contributed by atoms with Gasteiger partial charge in [0.15, 0.2) is 0 Å². The Morgan fingerprint density at radius 2 is 1.78 bits per heavy atom. The second-order valence-electron chi connectivity index (χ2n) is 5.67. The van der Waals surface area contributed by atoms with Gasteiger partial charge in [0.2, 0.25) is 5.91 Å². The molecule has 1 amide bonds. The van der Waals surface area contributed by atoms with Crippen LogP contribution in [0.2, 0.25) is 0 Å². The maximum absolute atomic E-state index is 12.7. The Hall–Kier alpha value is -2.17. The lowest BCUT2D eigenvalue weighted by atomic mass is 10.2. The Balaban J connectivity index is 2.40. The van der Waals surface area contributed by atoms with Crippen molar-refractivity contribution >= 4 is 16.8 Å². The van der Waals surface area contributed by atoms with Crippen molar-refractivity contribution in [1.82, 2.24) is 14.5 Å². The van der Waals surface area contributed by atoms with E-state index in [1.165, 1.54) is 4.57 Å². The fourth-order valence-electron chi connectivity index (χ4n) is 2.78. The quantitative estimate of drug-likeness (QED) is 0.789. The largest absolute Gasteiger partial charge is 0.341 e. The molecular weight excluding hydrogens is 290 g/mol. The van der Waals surface area contributed by atoms with Crippen molar-refractivity contribution in [2.45, 2.75) is 46.6 Å². The van der Waals surface area contributed by atoms with Crippen molar-refractivity contribution in [2.24, 2.45) is 0 Å². The lowest BCUT2D eigenvalue weighted by molar-refractivity contribution is -0.132. The van der Waals surface area contributed by atoms with Gasteiger partial charge in [-0.3, -0.25) is 14.2 Å². The summed E-state index contributed by atoms with van der Waals surface area (Å²) in [5.41, 5.74) is 0.561. The summed E-state index contributed by atoms with van der Waals surface area (Å²) in [6.45, 7) is 7.58. The van der Waals surface area contributed by atoms with E-state index < -0.39 is 0 Å². The van der Waals surface area contributed by atoms with Gasteiger partial charge in [0.1, 0.15) is 12.4 Å². The van der Waals surface area contributed by atoms with Gasteiger partial charge in [-0.05, 0) is 25.0 Å². The molecule has 0 saturated heterocycles. The number of nitrogens with zero attached hydrogens (tertiary/aromatic N) is 3. The number of hydrogen-bond donors (Lipinski definition) is 0. The first-order chi connectivity index (χ1) is 11.1. The number of para-hydroxylation sites is 1. The molecule has 0 aliphatic carbocycles. The number of benzene rings is 1. The van der Waals surface area contributed by atoms with Crippen molar-refractivity contribution in [3.63, 3.8) is 0 Å². The van der Waals surface area contributed by atoms with E-state index in [1.807, 2.05) is 30.0 Å². The lowest BCUT2D eigenvalue weighted by Crippen LogP contribution is -2.38. The summed E-state index contributed by atoms with van der Waals surface area (Å²) in [6.07, 6.45) is 2.45. The Bertz CT molecular complexity index is 731. The molecule has 1 aromatic carbocycles. The number of rotatable bonds is 7. The summed E-state index contributed by atoms with van der Waals surface area (Å²) in [5, 5.41) is 0.565. The van der Waals surface area contributed by atoms with Crippen molar-refractivity contribution in [1.29, 1.82) is 0 Å². The molecule has 0 radical (unpaired) electrons. The summed E-state index contributed by atoms with van der Waals surface area (Å²) in [4.78, 5) is 31.7. The van der Waals surface area contributed by atoms with Crippen molar-refractivity contribution in [2.75, 3.05) is 13.1 Å². The molecule has 2 rings (SSSR count). The molecule has 0 aliphatic rings. The second-order valence-corrected chi connectivity index (χ2v) is 5.67.